The van der Waals surface area contributed by atoms with Crippen LogP contribution in [-0.4, -0.2) is 64.9 Å². The van der Waals surface area contributed by atoms with Crippen molar-refractivity contribution in [1.82, 2.24) is 5.32 Å². The number of carbonyl (C=O) groups excluding carboxylic acids is 2. The molecule has 0 saturated heterocycles. The third-order valence-electron chi connectivity index (χ3n) is 9.11. The van der Waals surface area contributed by atoms with E-state index in [0.29, 0.717) is 19.3 Å². The highest BCUT2D eigenvalue weighted by Crippen LogP contribution is 2.43. The van der Waals surface area contributed by atoms with Crippen LogP contribution in [-0.2, 0) is 32.7 Å². The summed E-state index contributed by atoms with van der Waals surface area (Å²) in [7, 11) is -4.78. The zero-order valence-corrected chi connectivity index (χ0v) is 38.3. The molecule has 0 aliphatic carbocycles. The second-order valence-electron chi connectivity index (χ2n) is 14.9. The number of allylic oxidation sites excluding steroid dienone is 16. The predicted octanol–water partition coefficient (Wildman–Crippen LogP) is 12.1. The minimum absolute atomic E-state index is 0.127. The average molecular weight is 874 g/mol. The smallest absolute Gasteiger partial charge is 0.472 e. The van der Waals surface area contributed by atoms with E-state index in [9.17, 15) is 34.1 Å². The summed E-state index contributed by atoms with van der Waals surface area (Å²) in [5, 5.41) is 21.8. The third kappa shape index (κ3) is 42.9. The zero-order chi connectivity index (χ0) is 44.9. The van der Waals surface area contributed by atoms with Crippen LogP contribution in [0.1, 0.15) is 162 Å². The van der Waals surface area contributed by atoms with Crippen LogP contribution in [0.15, 0.2) is 97.2 Å². The number of amides is 1. The lowest BCUT2D eigenvalue weighted by atomic mass is 10.1. The van der Waals surface area contributed by atoms with Crippen LogP contribution in [0.2, 0.25) is 0 Å². The summed E-state index contributed by atoms with van der Waals surface area (Å²) >= 11 is 0. The number of aliphatic hydroxyl groups is 1. The van der Waals surface area contributed by atoms with E-state index in [0.717, 1.165) is 83.5 Å². The molecule has 0 rings (SSSR count). The molecule has 0 aromatic rings. The molecule has 0 aromatic heterocycles. The molecule has 0 saturated carbocycles. The molecule has 3 unspecified atom stereocenters. The quantitative estimate of drug-likeness (QED) is 0.0201. The second-order valence-corrected chi connectivity index (χ2v) is 16.3. The van der Waals surface area contributed by atoms with Gasteiger partial charge >= 0.3 is 19.8 Å². The lowest BCUT2D eigenvalue weighted by Crippen LogP contribution is -2.43. The summed E-state index contributed by atoms with van der Waals surface area (Å²) < 4.78 is 26.8. The molecule has 0 radical (unpaired) electrons. The number of carboxylic acids is 1. The van der Waals surface area contributed by atoms with Crippen molar-refractivity contribution in [1.29, 1.82) is 0 Å². The first-order chi connectivity index (χ1) is 29.6. The number of aliphatic carboxylic acids is 1. The fourth-order valence-corrected chi connectivity index (χ4v) is 6.36. The fraction of sp³-hybridized carbons (Fsp3) is 0.612. The summed E-state index contributed by atoms with van der Waals surface area (Å²) in [6.07, 6.45) is 54.4. The van der Waals surface area contributed by atoms with Crippen LogP contribution in [0.25, 0.3) is 0 Å². The first kappa shape index (κ1) is 57.4. The van der Waals surface area contributed by atoms with Crippen molar-refractivity contribution < 1.29 is 47.8 Å². The number of hydrogen-bond acceptors (Lipinski definition) is 8. The van der Waals surface area contributed by atoms with Gasteiger partial charge in [-0.3, -0.25) is 18.6 Å². The molecule has 0 bridgehead atoms. The molecule has 0 aliphatic heterocycles. The van der Waals surface area contributed by atoms with Gasteiger partial charge in [-0.1, -0.05) is 156 Å². The highest BCUT2D eigenvalue weighted by Gasteiger charge is 2.28. The topological polar surface area (TPSA) is 169 Å². The monoisotopic (exact) mass is 874 g/mol. The second kappa shape index (κ2) is 43.1. The Morgan fingerprint density at radius 1 is 0.541 bits per heavy atom. The Kier molecular flexibility index (Phi) is 40.5. The van der Waals surface area contributed by atoms with Gasteiger partial charge in [-0.15, -0.1) is 0 Å². The summed E-state index contributed by atoms with van der Waals surface area (Å²) in [5.74, 6) is -2.46. The van der Waals surface area contributed by atoms with Gasteiger partial charge in [0.15, 0.2) is 6.04 Å². The Balaban J connectivity index is 4.00. The fourth-order valence-electron chi connectivity index (χ4n) is 5.59. The molecule has 3 atom stereocenters. The van der Waals surface area contributed by atoms with Gasteiger partial charge in [0.25, 0.3) is 0 Å². The molecule has 0 aromatic carbocycles. The number of carboxylic acid groups (broad SMARTS) is 1. The Morgan fingerprint density at radius 2 is 0.967 bits per heavy atom. The average Bonchev–Trinajstić information content (AvgIpc) is 3.24. The van der Waals surface area contributed by atoms with Gasteiger partial charge in [0, 0.05) is 12.8 Å². The van der Waals surface area contributed by atoms with E-state index in [1.165, 1.54) is 32.1 Å². The van der Waals surface area contributed by atoms with Crippen molar-refractivity contribution in [3.8, 4) is 0 Å². The molecule has 0 aliphatic rings. The Morgan fingerprint density at radius 3 is 1.48 bits per heavy atom. The van der Waals surface area contributed by atoms with Gasteiger partial charge in [0.2, 0.25) is 5.91 Å². The highest BCUT2D eigenvalue weighted by molar-refractivity contribution is 7.47. The largest absolute Gasteiger partial charge is 0.480 e. The lowest BCUT2D eigenvalue weighted by molar-refractivity contribution is -0.147. The maximum atomic E-state index is 12.3. The maximum Gasteiger partial charge on any atom is 0.472 e. The number of hydrogen-bond donors (Lipinski definition) is 4. The molecular formula is C49H80NO10P. The van der Waals surface area contributed by atoms with E-state index in [4.69, 9.17) is 13.8 Å². The van der Waals surface area contributed by atoms with Crippen LogP contribution in [0.5, 0.6) is 0 Å². The van der Waals surface area contributed by atoms with Crippen LogP contribution < -0.4 is 5.32 Å². The van der Waals surface area contributed by atoms with Crippen molar-refractivity contribution in [2.45, 2.75) is 174 Å². The number of nitrogens with one attached hydrogen (secondary N) is 1. The number of carbonyl (C=O) groups is 3. The molecule has 0 heterocycles. The van der Waals surface area contributed by atoms with Gasteiger partial charge in [-0.25, -0.2) is 9.36 Å². The first-order valence-electron chi connectivity index (χ1n) is 22.8. The third-order valence-corrected chi connectivity index (χ3v) is 10.1. The van der Waals surface area contributed by atoms with Crippen molar-refractivity contribution in [3.63, 3.8) is 0 Å². The number of phosphoric acid groups is 1. The van der Waals surface area contributed by atoms with Crippen molar-refractivity contribution in [2.75, 3.05) is 19.8 Å². The molecule has 12 heteroatoms. The minimum atomic E-state index is -4.78. The molecule has 11 nitrogen and oxygen atoms in total. The van der Waals surface area contributed by atoms with Crippen molar-refractivity contribution >= 4 is 25.7 Å². The van der Waals surface area contributed by atoms with Gasteiger partial charge < -0.3 is 25.2 Å². The lowest BCUT2D eigenvalue weighted by Gasteiger charge is -2.18. The highest BCUT2D eigenvalue weighted by atomic mass is 31.2. The normalized spacial score (nSPS) is 14.6. The summed E-state index contributed by atoms with van der Waals surface area (Å²) in [5.41, 5.74) is 0. The summed E-state index contributed by atoms with van der Waals surface area (Å²) in [4.78, 5) is 45.9. The molecule has 0 spiro atoms. The number of aliphatic hydroxyl groups excluding tert-OH is 1. The van der Waals surface area contributed by atoms with E-state index < -0.39 is 57.6 Å². The number of phosphoric ester groups is 1. The first-order valence-corrected chi connectivity index (χ1v) is 24.3. The molecule has 4 N–H and O–H groups in total. The number of unbranched alkanes of at least 4 members (excludes halogenated alkanes) is 11. The number of esters is 1. The van der Waals surface area contributed by atoms with Crippen molar-refractivity contribution in [3.05, 3.63) is 97.2 Å². The molecular weight excluding hydrogens is 794 g/mol. The summed E-state index contributed by atoms with van der Waals surface area (Å²) in [6.45, 7) is 2.39. The minimum Gasteiger partial charge on any atom is -0.480 e. The van der Waals surface area contributed by atoms with E-state index in [1.807, 2.05) is 12.2 Å². The van der Waals surface area contributed by atoms with Crippen LogP contribution in [0.4, 0.5) is 0 Å². The predicted molar refractivity (Wildman–Crippen MR) is 249 cm³/mol. The standard InChI is InChI=1S/C49H80NO10P/c1-3-5-7-9-11-13-15-17-19-20-21-22-23-24-25-26-27-29-31-33-35-37-39-41-48(53)58-42-45(51)43-59-61(56,57)60-44-46(49(54)55)50-47(52)40-38-36-34-32-30-28-18-16-14-12-10-8-6-4-2/h5,7,11,13,16-19,21-22,24-25,27,29,33,35,45-46,51H,3-4,6,8-10,12,14-15,20,23,26,28,30-32,34,36-44H2,1-2H3,(H,50,52)(H,54,55)(H,56,57)/b7-5-,13-11-,18-16-,19-17-,22-21-,25-24-,29-27-,35-33-. The maximum absolute atomic E-state index is 12.3. The van der Waals surface area contributed by atoms with Crippen LogP contribution in [0.3, 0.4) is 0 Å². The number of rotatable bonds is 41. The van der Waals surface area contributed by atoms with Crippen molar-refractivity contribution in [2.24, 2.45) is 0 Å². The Hall–Kier alpha value is -3.60. The molecule has 0 fully saturated rings. The SMILES string of the molecule is CC/C=C\C/C=C\C/C=C\C/C=C\C/C=C\C/C=C\C/C=C\CCCC(=O)OCC(O)COP(=O)(O)OCC(NC(=O)CCCCCCC/C=C\CCCCCCC)C(=O)O. The zero-order valence-electron chi connectivity index (χ0n) is 37.4. The van der Waals surface area contributed by atoms with Gasteiger partial charge in [0.05, 0.1) is 13.2 Å². The van der Waals surface area contributed by atoms with E-state index in [2.05, 4.69) is 104 Å². The van der Waals surface area contributed by atoms with Crippen LogP contribution >= 0.6 is 7.82 Å². The number of ether oxygens (including phenoxy) is 1. The van der Waals surface area contributed by atoms with E-state index in [-0.39, 0.29) is 12.8 Å². The molecule has 346 valence electrons. The van der Waals surface area contributed by atoms with Crippen LogP contribution in [0, 0.1) is 0 Å². The Labute approximate surface area is 368 Å². The van der Waals surface area contributed by atoms with E-state index in [1.54, 1.807) is 0 Å². The molecule has 61 heavy (non-hydrogen) atoms. The van der Waals surface area contributed by atoms with E-state index >= 15 is 0 Å². The Bertz CT molecular complexity index is 1400. The van der Waals surface area contributed by atoms with Gasteiger partial charge in [-0.05, 0) is 89.9 Å². The summed E-state index contributed by atoms with van der Waals surface area (Å²) in [6, 6.07) is -1.56. The van der Waals surface area contributed by atoms with Gasteiger partial charge in [-0.2, -0.15) is 0 Å². The molecule has 1 amide bonds. The van der Waals surface area contributed by atoms with Gasteiger partial charge in [0.1, 0.15) is 12.7 Å².